The third-order valence-electron chi connectivity index (χ3n) is 1.45. The summed E-state index contributed by atoms with van der Waals surface area (Å²) in [6, 6.07) is 1.58. The highest BCUT2D eigenvalue weighted by molar-refractivity contribution is 6.20. The van der Waals surface area contributed by atoms with E-state index in [1.807, 2.05) is 0 Å². The van der Waals surface area contributed by atoms with Crippen molar-refractivity contribution in [2.75, 3.05) is 0 Å². The monoisotopic (exact) mass is 136 g/mol. The predicted octanol–water partition coefficient (Wildman–Crippen LogP) is -0.102. The fraction of sp³-hybridized carbons (Fsp3) is 0. The maximum Gasteiger partial charge on any atom is 0.275 e. The zero-order valence-electron chi connectivity index (χ0n) is 4.97. The van der Waals surface area contributed by atoms with Crippen molar-refractivity contribution in [1.82, 2.24) is 10.3 Å². The Morgan fingerprint density at radius 1 is 1.20 bits per heavy atom. The third kappa shape index (κ3) is 0.452. The van der Waals surface area contributed by atoms with Gasteiger partial charge in [-0.05, 0) is 6.07 Å². The van der Waals surface area contributed by atoms with E-state index in [1.54, 1.807) is 12.3 Å². The van der Waals surface area contributed by atoms with Gasteiger partial charge in [-0.3, -0.25) is 14.9 Å². The first-order chi connectivity index (χ1) is 4.79. The maximum atomic E-state index is 10.8. The number of carbonyl (C=O) groups is 2. The lowest BCUT2D eigenvalue weighted by Gasteiger charge is -1.84. The molecule has 0 atom stereocenters. The van der Waals surface area contributed by atoms with E-state index < -0.39 is 0 Å². The smallest absolute Gasteiger partial charge is 0.275 e. The summed E-state index contributed by atoms with van der Waals surface area (Å²) in [5, 5.41) is 2.15. The third-order valence-corrected chi connectivity index (χ3v) is 1.45. The van der Waals surface area contributed by atoms with E-state index >= 15 is 0 Å². The molecule has 0 fully saturated rings. The van der Waals surface area contributed by atoms with Gasteiger partial charge in [-0.2, -0.15) is 0 Å². The average molecular weight is 136 g/mol. The molecule has 0 spiro atoms. The van der Waals surface area contributed by atoms with Gasteiger partial charge in [0.05, 0.1) is 5.56 Å². The summed E-state index contributed by atoms with van der Waals surface area (Å²) in [7, 11) is 0. The number of hydrogen-bond donors (Lipinski definition) is 2. The molecule has 0 bridgehead atoms. The van der Waals surface area contributed by atoms with Crippen molar-refractivity contribution in [3.63, 3.8) is 0 Å². The zero-order chi connectivity index (χ0) is 7.14. The standard InChI is InChI=1S/C6H4N2O2/c9-5-3-1-2-7-4(3)6(10)8-5/h1-2,7H,(H,8,9,10). The van der Waals surface area contributed by atoms with Gasteiger partial charge in [-0.1, -0.05) is 0 Å². The van der Waals surface area contributed by atoms with Gasteiger partial charge >= 0.3 is 0 Å². The molecule has 0 unspecified atom stereocenters. The molecule has 2 heterocycles. The maximum absolute atomic E-state index is 10.8. The molecule has 2 N–H and O–H groups in total. The number of fused-ring (bicyclic) bond motifs is 1. The lowest BCUT2D eigenvalue weighted by Crippen LogP contribution is -2.20. The van der Waals surface area contributed by atoms with Crippen LogP contribution in [0.15, 0.2) is 12.3 Å². The van der Waals surface area contributed by atoms with E-state index in [0.29, 0.717) is 11.3 Å². The summed E-state index contributed by atoms with van der Waals surface area (Å²) in [5.41, 5.74) is 0.801. The first kappa shape index (κ1) is 5.22. The van der Waals surface area contributed by atoms with Crippen molar-refractivity contribution in [2.45, 2.75) is 0 Å². The van der Waals surface area contributed by atoms with Gasteiger partial charge in [0.1, 0.15) is 5.69 Å². The van der Waals surface area contributed by atoms with E-state index in [4.69, 9.17) is 0 Å². The fourth-order valence-electron chi connectivity index (χ4n) is 0.979. The molecule has 1 aromatic heterocycles. The minimum absolute atomic E-state index is 0.318. The molecule has 0 saturated carbocycles. The summed E-state index contributed by atoms with van der Waals surface area (Å²) in [6.45, 7) is 0. The zero-order valence-corrected chi connectivity index (χ0v) is 4.97. The Balaban J connectivity index is 2.69. The topological polar surface area (TPSA) is 62.0 Å². The second-order valence-electron chi connectivity index (χ2n) is 2.05. The lowest BCUT2D eigenvalue weighted by atomic mass is 10.3. The Morgan fingerprint density at radius 2 is 2.00 bits per heavy atom. The normalized spacial score (nSPS) is 15.2. The number of H-pyrrole nitrogens is 1. The van der Waals surface area contributed by atoms with Crippen LogP contribution in [-0.2, 0) is 0 Å². The molecular weight excluding hydrogens is 132 g/mol. The molecule has 4 nitrogen and oxygen atoms in total. The van der Waals surface area contributed by atoms with E-state index in [-0.39, 0.29) is 11.8 Å². The summed E-state index contributed by atoms with van der Waals surface area (Å²) < 4.78 is 0. The number of rotatable bonds is 0. The van der Waals surface area contributed by atoms with Gasteiger partial charge in [0.25, 0.3) is 11.8 Å². The Hall–Kier alpha value is -1.58. The molecule has 10 heavy (non-hydrogen) atoms. The van der Waals surface area contributed by atoms with E-state index in [9.17, 15) is 9.59 Å². The van der Waals surface area contributed by atoms with Crippen LogP contribution in [0.1, 0.15) is 20.8 Å². The van der Waals surface area contributed by atoms with Crippen molar-refractivity contribution >= 4 is 11.8 Å². The van der Waals surface area contributed by atoms with Crippen LogP contribution in [0.25, 0.3) is 0 Å². The van der Waals surface area contributed by atoms with Crippen LogP contribution in [0.4, 0.5) is 0 Å². The molecule has 50 valence electrons. The lowest BCUT2D eigenvalue weighted by molar-refractivity contribution is 0.0877. The second-order valence-corrected chi connectivity index (χ2v) is 2.05. The van der Waals surface area contributed by atoms with Crippen LogP contribution < -0.4 is 5.32 Å². The molecule has 1 aliphatic rings. The molecule has 2 rings (SSSR count). The van der Waals surface area contributed by atoms with Gasteiger partial charge in [0, 0.05) is 6.20 Å². The van der Waals surface area contributed by atoms with Gasteiger partial charge in [-0.15, -0.1) is 0 Å². The van der Waals surface area contributed by atoms with Crippen molar-refractivity contribution in [3.8, 4) is 0 Å². The largest absolute Gasteiger partial charge is 0.357 e. The van der Waals surface area contributed by atoms with E-state index in [2.05, 4.69) is 10.3 Å². The van der Waals surface area contributed by atoms with Crippen LogP contribution >= 0.6 is 0 Å². The van der Waals surface area contributed by atoms with Gasteiger partial charge < -0.3 is 4.98 Å². The molecular formula is C6H4N2O2. The summed E-state index contributed by atoms with van der Waals surface area (Å²) in [4.78, 5) is 24.2. The van der Waals surface area contributed by atoms with Crippen LogP contribution in [0, 0.1) is 0 Å². The second kappa shape index (κ2) is 1.47. The number of aromatic amines is 1. The molecule has 4 heteroatoms. The Labute approximate surface area is 56.2 Å². The number of nitrogens with one attached hydrogen (secondary N) is 2. The molecule has 0 radical (unpaired) electrons. The van der Waals surface area contributed by atoms with Crippen molar-refractivity contribution in [3.05, 3.63) is 23.5 Å². The minimum atomic E-state index is -0.343. The van der Waals surface area contributed by atoms with E-state index in [1.165, 1.54) is 0 Å². The number of carbonyl (C=O) groups excluding carboxylic acids is 2. The summed E-state index contributed by atoms with van der Waals surface area (Å²) >= 11 is 0. The van der Waals surface area contributed by atoms with Gasteiger partial charge in [-0.25, -0.2) is 0 Å². The molecule has 0 saturated heterocycles. The van der Waals surface area contributed by atoms with Crippen molar-refractivity contribution in [1.29, 1.82) is 0 Å². The molecule has 1 aromatic rings. The average Bonchev–Trinajstić information content (AvgIpc) is 2.39. The predicted molar refractivity (Wildman–Crippen MR) is 32.6 cm³/mol. The highest BCUT2D eigenvalue weighted by atomic mass is 16.2. The first-order valence-electron chi connectivity index (χ1n) is 2.82. The van der Waals surface area contributed by atoms with E-state index in [0.717, 1.165) is 0 Å². The highest BCUT2D eigenvalue weighted by Crippen LogP contribution is 2.11. The van der Waals surface area contributed by atoms with Crippen LogP contribution in [-0.4, -0.2) is 16.8 Å². The number of imide groups is 1. The van der Waals surface area contributed by atoms with Gasteiger partial charge in [0.2, 0.25) is 0 Å². The van der Waals surface area contributed by atoms with Crippen LogP contribution in [0.3, 0.4) is 0 Å². The van der Waals surface area contributed by atoms with Crippen LogP contribution in [0.5, 0.6) is 0 Å². The number of aromatic nitrogens is 1. The molecule has 0 aromatic carbocycles. The number of hydrogen-bond acceptors (Lipinski definition) is 2. The highest BCUT2D eigenvalue weighted by Gasteiger charge is 2.27. The first-order valence-corrected chi connectivity index (χ1v) is 2.82. The Kier molecular flexibility index (Phi) is 0.768. The van der Waals surface area contributed by atoms with Gasteiger partial charge in [0.15, 0.2) is 0 Å². The Morgan fingerprint density at radius 3 is 2.70 bits per heavy atom. The molecule has 1 aliphatic heterocycles. The van der Waals surface area contributed by atoms with Crippen molar-refractivity contribution in [2.24, 2.45) is 0 Å². The summed E-state index contributed by atoms with van der Waals surface area (Å²) in [6.07, 6.45) is 1.57. The fourth-order valence-corrected chi connectivity index (χ4v) is 0.979. The Bertz CT molecular complexity index is 285. The summed E-state index contributed by atoms with van der Waals surface area (Å²) in [5.74, 6) is -0.661. The quantitative estimate of drug-likeness (QED) is 0.489. The number of amides is 2. The van der Waals surface area contributed by atoms with Crippen molar-refractivity contribution < 1.29 is 9.59 Å². The van der Waals surface area contributed by atoms with Crippen LogP contribution in [0.2, 0.25) is 0 Å². The molecule has 0 aliphatic carbocycles. The SMILES string of the molecule is O=C1NC(=O)c2[nH]ccc21. The minimum Gasteiger partial charge on any atom is -0.357 e. The molecule has 2 amide bonds.